The Morgan fingerprint density at radius 2 is 1.90 bits per heavy atom. The molecule has 6 heteroatoms. The van der Waals surface area contributed by atoms with Gasteiger partial charge in [-0.15, -0.1) is 11.3 Å². The first-order chi connectivity index (χ1) is 10.1. The minimum Gasteiger partial charge on any atom is -0.489 e. The van der Waals surface area contributed by atoms with Crippen LogP contribution < -0.4 is 10.2 Å². The summed E-state index contributed by atoms with van der Waals surface area (Å²) in [4.78, 5) is 4.41. The maximum atomic E-state index is 9.04. The fourth-order valence-electron chi connectivity index (χ4n) is 2.06. The van der Waals surface area contributed by atoms with E-state index in [0.717, 1.165) is 26.5 Å². The topological polar surface area (TPSA) is 62.6 Å². The van der Waals surface area contributed by atoms with Gasteiger partial charge in [-0.1, -0.05) is 24.3 Å². The van der Waals surface area contributed by atoms with Crippen LogP contribution in [0.25, 0.3) is 10.2 Å². The number of hydrogen-bond acceptors (Lipinski definition) is 5. The van der Waals surface area contributed by atoms with E-state index < -0.39 is 7.12 Å². The summed E-state index contributed by atoms with van der Waals surface area (Å²) in [5, 5.41) is 19.1. The van der Waals surface area contributed by atoms with E-state index in [1.807, 2.05) is 37.3 Å². The second kappa shape index (κ2) is 5.85. The van der Waals surface area contributed by atoms with Crippen molar-refractivity contribution in [3.8, 4) is 5.75 Å². The Morgan fingerprint density at radius 1 is 1.14 bits per heavy atom. The van der Waals surface area contributed by atoms with Gasteiger partial charge >= 0.3 is 7.12 Å². The number of ether oxygens (including phenoxy) is 1. The van der Waals surface area contributed by atoms with Gasteiger partial charge in [-0.05, 0) is 36.1 Å². The molecule has 1 heterocycles. The molecule has 0 aliphatic heterocycles. The molecular formula is C15H14BNO3S. The highest BCUT2D eigenvalue weighted by molar-refractivity contribution is 7.18. The minimum absolute atomic E-state index is 0.436. The summed E-state index contributed by atoms with van der Waals surface area (Å²) in [5.74, 6) is 0.803. The Bertz CT molecular complexity index is 755. The summed E-state index contributed by atoms with van der Waals surface area (Å²) in [6.45, 7) is 2.42. The summed E-state index contributed by atoms with van der Waals surface area (Å²) in [6.07, 6.45) is 0. The van der Waals surface area contributed by atoms with Crippen molar-refractivity contribution in [2.45, 2.75) is 13.5 Å². The summed E-state index contributed by atoms with van der Waals surface area (Å²) in [6, 6.07) is 12.9. The molecule has 0 amide bonds. The van der Waals surface area contributed by atoms with E-state index in [1.165, 1.54) is 0 Å². The predicted molar refractivity (Wildman–Crippen MR) is 85.0 cm³/mol. The van der Waals surface area contributed by atoms with Crippen LogP contribution in [0.3, 0.4) is 0 Å². The predicted octanol–water partition coefficient (Wildman–Crippen LogP) is 1.86. The largest absolute Gasteiger partial charge is 0.489 e. The third-order valence-electron chi connectivity index (χ3n) is 3.15. The fraction of sp³-hybridized carbons (Fsp3) is 0.133. The molecule has 106 valence electrons. The quantitative estimate of drug-likeness (QED) is 0.722. The van der Waals surface area contributed by atoms with Crippen molar-refractivity contribution in [1.29, 1.82) is 0 Å². The molecule has 2 aromatic carbocycles. The first kappa shape index (κ1) is 14.1. The Morgan fingerprint density at radius 3 is 2.62 bits per heavy atom. The first-order valence-electron chi connectivity index (χ1n) is 6.57. The highest BCUT2D eigenvalue weighted by Gasteiger charge is 2.09. The van der Waals surface area contributed by atoms with Gasteiger partial charge in [0.1, 0.15) is 12.4 Å². The summed E-state index contributed by atoms with van der Waals surface area (Å²) >= 11 is 1.65. The molecule has 0 aliphatic rings. The van der Waals surface area contributed by atoms with Gasteiger partial charge in [0.15, 0.2) is 0 Å². The summed E-state index contributed by atoms with van der Waals surface area (Å²) in [7, 11) is -1.43. The van der Waals surface area contributed by atoms with Crippen molar-refractivity contribution in [3.63, 3.8) is 0 Å². The Balaban J connectivity index is 1.70. The van der Waals surface area contributed by atoms with E-state index in [0.29, 0.717) is 12.1 Å². The molecule has 1 aromatic heterocycles. The maximum Gasteiger partial charge on any atom is 0.488 e. The SMILES string of the molecule is Cc1nc2ccc(OCc3ccc(B(O)O)cc3)cc2s1. The highest BCUT2D eigenvalue weighted by atomic mass is 32.1. The van der Waals surface area contributed by atoms with Crippen LogP contribution in [0.4, 0.5) is 0 Å². The molecule has 3 rings (SSSR count). The maximum absolute atomic E-state index is 9.04. The van der Waals surface area contributed by atoms with Gasteiger partial charge in [-0.2, -0.15) is 0 Å². The Hall–Kier alpha value is -1.89. The Kier molecular flexibility index (Phi) is 3.92. The van der Waals surface area contributed by atoms with Crippen molar-refractivity contribution >= 4 is 34.1 Å². The van der Waals surface area contributed by atoms with Crippen molar-refractivity contribution in [2.24, 2.45) is 0 Å². The third kappa shape index (κ3) is 3.24. The van der Waals surface area contributed by atoms with Gasteiger partial charge < -0.3 is 14.8 Å². The van der Waals surface area contributed by atoms with Gasteiger partial charge in [0.2, 0.25) is 0 Å². The van der Waals surface area contributed by atoms with Crippen LogP contribution >= 0.6 is 11.3 Å². The van der Waals surface area contributed by atoms with Crippen LogP contribution in [0.1, 0.15) is 10.6 Å². The average Bonchev–Trinajstić information content (AvgIpc) is 2.84. The number of benzene rings is 2. The third-order valence-corrected chi connectivity index (χ3v) is 4.08. The lowest BCUT2D eigenvalue weighted by Gasteiger charge is -2.07. The molecule has 0 atom stereocenters. The molecule has 3 aromatic rings. The van der Waals surface area contributed by atoms with Gasteiger partial charge in [-0.25, -0.2) is 4.98 Å². The molecule has 0 bridgehead atoms. The smallest absolute Gasteiger partial charge is 0.488 e. The molecule has 0 radical (unpaired) electrons. The van der Waals surface area contributed by atoms with E-state index in [4.69, 9.17) is 14.8 Å². The molecule has 4 nitrogen and oxygen atoms in total. The Labute approximate surface area is 126 Å². The molecule has 0 saturated carbocycles. The number of aromatic nitrogens is 1. The van der Waals surface area contributed by atoms with E-state index >= 15 is 0 Å². The van der Waals surface area contributed by atoms with Crippen LogP contribution in [0.5, 0.6) is 5.75 Å². The molecule has 0 unspecified atom stereocenters. The van der Waals surface area contributed by atoms with Crippen molar-refractivity contribution in [1.82, 2.24) is 4.98 Å². The minimum atomic E-state index is -1.43. The summed E-state index contributed by atoms with van der Waals surface area (Å²) < 4.78 is 6.88. The molecule has 21 heavy (non-hydrogen) atoms. The number of hydrogen-bond donors (Lipinski definition) is 2. The number of aryl methyl sites for hydroxylation is 1. The lowest BCUT2D eigenvalue weighted by Crippen LogP contribution is -2.29. The zero-order valence-electron chi connectivity index (χ0n) is 11.5. The van der Waals surface area contributed by atoms with Crippen LogP contribution in [0, 0.1) is 6.92 Å². The van der Waals surface area contributed by atoms with Gasteiger partial charge in [0, 0.05) is 0 Å². The van der Waals surface area contributed by atoms with Gasteiger partial charge in [0.05, 0.1) is 15.2 Å². The number of nitrogens with zero attached hydrogens (tertiary/aromatic N) is 1. The van der Waals surface area contributed by atoms with Crippen LogP contribution in [0.15, 0.2) is 42.5 Å². The number of thiazole rings is 1. The van der Waals surface area contributed by atoms with E-state index in [-0.39, 0.29) is 0 Å². The van der Waals surface area contributed by atoms with E-state index in [2.05, 4.69) is 4.98 Å². The van der Waals surface area contributed by atoms with Crippen molar-refractivity contribution in [2.75, 3.05) is 0 Å². The summed E-state index contributed by atoms with van der Waals surface area (Å²) in [5.41, 5.74) is 2.44. The van der Waals surface area contributed by atoms with Gasteiger partial charge in [0.25, 0.3) is 0 Å². The van der Waals surface area contributed by atoms with Crippen molar-refractivity contribution < 1.29 is 14.8 Å². The molecule has 0 saturated heterocycles. The fourth-order valence-corrected chi connectivity index (χ4v) is 2.92. The molecule has 0 spiro atoms. The number of rotatable bonds is 4. The zero-order chi connectivity index (χ0) is 14.8. The zero-order valence-corrected chi connectivity index (χ0v) is 12.3. The molecular weight excluding hydrogens is 285 g/mol. The molecule has 0 fully saturated rings. The standard InChI is InChI=1S/C15H14BNO3S/c1-10-17-14-7-6-13(8-15(14)21-10)20-9-11-2-4-12(5-3-11)16(18)19/h2-8,18-19H,9H2,1H3. The molecule has 2 N–H and O–H groups in total. The number of fused-ring (bicyclic) bond motifs is 1. The average molecular weight is 299 g/mol. The second-order valence-electron chi connectivity index (χ2n) is 4.77. The van der Waals surface area contributed by atoms with Crippen LogP contribution in [-0.4, -0.2) is 22.2 Å². The van der Waals surface area contributed by atoms with Crippen molar-refractivity contribution in [3.05, 3.63) is 53.0 Å². The lowest BCUT2D eigenvalue weighted by molar-refractivity contribution is 0.306. The van der Waals surface area contributed by atoms with Gasteiger partial charge in [-0.3, -0.25) is 0 Å². The second-order valence-corrected chi connectivity index (χ2v) is 6.00. The van der Waals surface area contributed by atoms with E-state index in [9.17, 15) is 0 Å². The lowest BCUT2D eigenvalue weighted by atomic mass is 9.80. The molecule has 0 aliphatic carbocycles. The normalized spacial score (nSPS) is 10.8. The van der Waals surface area contributed by atoms with Crippen LogP contribution in [0.2, 0.25) is 0 Å². The van der Waals surface area contributed by atoms with Crippen LogP contribution in [-0.2, 0) is 6.61 Å². The highest BCUT2D eigenvalue weighted by Crippen LogP contribution is 2.26. The first-order valence-corrected chi connectivity index (χ1v) is 7.38. The monoisotopic (exact) mass is 299 g/mol. The van der Waals surface area contributed by atoms with E-state index in [1.54, 1.807) is 23.5 Å².